The molecular formula is C22H27N5O. The first kappa shape index (κ1) is 18.5. The average Bonchev–Trinajstić information content (AvgIpc) is 2.97. The SMILES string of the molecule is Cc1cc(N2CCC3(CC2)CC(=O)N(CC=Cc2ccccc2)C3)nc(N)n1. The van der Waals surface area contributed by atoms with Crippen LogP contribution in [-0.4, -0.2) is 47.0 Å². The molecule has 2 saturated heterocycles. The van der Waals surface area contributed by atoms with Crippen molar-refractivity contribution in [3.8, 4) is 0 Å². The van der Waals surface area contributed by atoms with Crippen molar-refractivity contribution in [3.05, 3.63) is 53.7 Å². The van der Waals surface area contributed by atoms with Crippen molar-refractivity contribution in [3.63, 3.8) is 0 Å². The van der Waals surface area contributed by atoms with E-state index in [9.17, 15) is 4.79 Å². The molecule has 0 saturated carbocycles. The number of nitrogens with zero attached hydrogens (tertiary/aromatic N) is 4. The zero-order chi connectivity index (χ0) is 19.6. The Morgan fingerprint density at radius 1 is 1.18 bits per heavy atom. The molecule has 0 aliphatic carbocycles. The van der Waals surface area contributed by atoms with Crippen LogP contribution in [0.3, 0.4) is 0 Å². The molecule has 0 unspecified atom stereocenters. The lowest BCUT2D eigenvalue weighted by molar-refractivity contribution is -0.127. The number of amides is 1. The number of piperidine rings is 1. The van der Waals surface area contributed by atoms with Gasteiger partial charge in [0.2, 0.25) is 11.9 Å². The molecule has 1 spiro atoms. The molecule has 0 bridgehead atoms. The second kappa shape index (κ2) is 7.62. The first-order valence-corrected chi connectivity index (χ1v) is 9.89. The standard InChI is InChI=1S/C22H27N5O/c1-17-14-19(25-21(23)24-17)26-12-9-22(10-13-26)15-20(28)27(16-22)11-5-8-18-6-3-2-4-7-18/h2-8,14H,9-13,15-16H2,1H3,(H2,23,24,25). The number of anilines is 2. The molecule has 0 radical (unpaired) electrons. The van der Waals surface area contributed by atoms with Gasteiger partial charge in [-0.15, -0.1) is 0 Å². The van der Waals surface area contributed by atoms with E-state index in [4.69, 9.17) is 5.73 Å². The Labute approximate surface area is 166 Å². The highest BCUT2D eigenvalue weighted by molar-refractivity contribution is 5.80. The van der Waals surface area contributed by atoms with Crippen molar-refractivity contribution in [2.75, 3.05) is 36.8 Å². The molecule has 1 amide bonds. The number of rotatable bonds is 4. The second-order valence-electron chi connectivity index (χ2n) is 7.98. The summed E-state index contributed by atoms with van der Waals surface area (Å²) in [6.07, 6.45) is 6.84. The molecule has 2 N–H and O–H groups in total. The van der Waals surface area contributed by atoms with Gasteiger partial charge >= 0.3 is 0 Å². The highest BCUT2D eigenvalue weighted by Gasteiger charge is 2.44. The first-order chi connectivity index (χ1) is 13.5. The molecule has 2 aliphatic rings. The van der Waals surface area contributed by atoms with Crippen LogP contribution in [-0.2, 0) is 4.79 Å². The fourth-order valence-corrected chi connectivity index (χ4v) is 4.31. The molecule has 28 heavy (non-hydrogen) atoms. The predicted octanol–water partition coefficient (Wildman–Crippen LogP) is 2.90. The highest BCUT2D eigenvalue weighted by atomic mass is 16.2. The van der Waals surface area contributed by atoms with E-state index >= 15 is 0 Å². The predicted molar refractivity (Wildman–Crippen MR) is 112 cm³/mol. The van der Waals surface area contributed by atoms with Gasteiger partial charge in [-0.3, -0.25) is 4.79 Å². The van der Waals surface area contributed by atoms with Crippen molar-refractivity contribution in [1.82, 2.24) is 14.9 Å². The Bertz CT molecular complexity index is 852. The van der Waals surface area contributed by atoms with E-state index < -0.39 is 0 Å². The van der Waals surface area contributed by atoms with E-state index in [1.165, 1.54) is 0 Å². The fraction of sp³-hybridized carbons (Fsp3) is 0.409. The topological polar surface area (TPSA) is 75.4 Å². The Hall–Kier alpha value is -2.89. The van der Waals surface area contributed by atoms with Crippen molar-refractivity contribution < 1.29 is 4.79 Å². The third-order valence-corrected chi connectivity index (χ3v) is 5.85. The van der Waals surface area contributed by atoms with Gasteiger partial charge in [0, 0.05) is 49.8 Å². The first-order valence-electron chi connectivity index (χ1n) is 9.89. The van der Waals surface area contributed by atoms with Crippen LogP contribution < -0.4 is 10.6 Å². The molecular weight excluding hydrogens is 350 g/mol. The zero-order valence-corrected chi connectivity index (χ0v) is 16.3. The van der Waals surface area contributed by atoms with Gasteiger partial charge in [-0.25, -0.2) is 4.98 Å². The highest BCUT2D eigenvalue weighted by Crippen LogP contribution is 2.41. The van der Waals surface area contributed by atoms with Gasteiger partial charge in [-0.2, -0.15) is 4.98 Å². The summed E-state index contributed by atoms with van der Waals surface area (Å²) in [6.45, 7) is 5.27. The van der Waals surface area contributed by atoms with E-state index in [1.807, 2.05) is 36.1 Å². The minimum absolute atomic E-state index is 0.0990. The summed E-state index contributed by atoms with van der Waals surface area (Å²) < 4.78 is 0. The van der Waals surface area contributed by atoms with E-state index in [-0.39, 0.29) is 11.3 Å². The number of aryl methyl sites for hydroxylation is 1. The average molecular weight is 377 g/mol. The summed E-state index contributed by atoms with van der Waals surface area (Å²) >= 11 is 0. The molecule has 4 rings (SSSR count). The van der Waals surface area contributed by atoms with Gasteiger partial charge in [0.05, 0.1) is 0 Å². The summed E-state index contributed by atoms with van der Waals surface area (Å²) in [6, 6.07) is 12.2. The van der Waals surface area contributed by atoms with Crippen LogP contribution >= 0.6 is 0 Å². The van der Waals surface area contributed by atoms with Crippen molar-refractivity contribution in [1.29, 1.82) is 0 Å². The number of nitrogens with two attached hydrogens (primary N) is 1. The maximum atomic E-state index is 12.6. The minimum Gasteiger partial charge on any atom is -0.368 e. The lowest BCUT2D eigenvalue weighted by Crippen LogP contribution is -2.42. The number of benzene rings is 1. The van der Waals surface area contributed by atoms with Crippen molar-refractivity contribution >= 4 is 23.7 Å². The van der Waals surface area contributed by atoms with Crippen LogP contribution in [0.2, 0.25) is 0 Å². The third-order valence-electron chi connectivity index (χ3n) is 5.85. The number of carbonyl (C=O) groups excluding carboxylic acids is 1. The number of hydrogen-bond acceptors (Lipinski definition) is 5. The smallest absolute Gasteiger partial charge is 0.223 e. The molecule has 0 atom stereocenters. The zero-order valence-electron chi connectivity index (χ0n) is 16.3. The molecule has 6 heteroatoms. The Kier molecular flexibility index (Phi) is 5.03. The third kappa shape index (κ3) is 4.01. The van der Waals surface area contributed by atoms with Gasteiger partial charge in [0.15, 0.2) is 0 Å². The fourth-order valence-electron chi connectivity index (χ4n) is 4.31. The number of likely N-dealkylation sites (tertiary alicyclic amines) is 1. The van der Waals surface area contributed by atoms with Crippen LogP contribution in [0.4, 0.5) is 11.8 Å². The van der Waals surface area contributed by atoms with Crippen molar-refractivity contribution in [2.24, 2.45) is 5.41 Å². The summed E-state index contributed by atoms with van der Waals surface area (Å²) in [5.74, 6) is 1.49. The Balaban J connectivity index is 1.35. The number of nitrogen functional groups attached to an aromatic ring is 1. The van der Waals surface area contributed by atoms with Gasteiger partial charge < -0.3 is 15.5 Å². The van der Waals surface area contributed by atoms with E-state index in [1.54, 1.807) is 0 Å². The van der Waals surface area contributed by atoms with Crippen LogP contribution in [0, 0.1) is 12.3 Å². The van der Waals surface area contributed by atoms with Crippen LogP contribution in [0.15, 0.2) is 42.5 Å². The Morgan fingerprint density at radius 2 is 1.93 bits per heavy atom. The van der Waals surface area contributed by atoms with Gasteiger partial charge in [0.1, 0.15) is 5.82 Å². The van der Waals surface area contributed by atoms with Crippen LogP contribution in [0.1, 0.15) is 30.5 Å². The summed E-state index contributed by atoms with van der Waals surface area (Å²) in [5, 5.41) is 0. The molecule has 2 fully saturated rings. The monoisotopic (exact) mass is 377 g/mol. The summed E-state index contributed by atoms with van der Waals surface area (Å²) in [4.78, 5) is 25.4. The molecule has 1 aromatic heterocycles. The molecule has 6 nitrogen and oxygen atoms in total. The van der Waals surface area contributed by atoms with Crippen LogP contribution in [0.5, 0.6) is 0 Å². The lowest BCUT2D eigenvalue weighted by Gasteiger charge is -2.39. The maximum absolute atomic E-state index is 12.6. The van der Waals surface area contributed by atoms with E-state index in [0.717, 1.165) is 49.6 Å². The molecule has 146 valence electrons. The number of aromatic nitrogens is 2. The van der Waals surface area contributed by atoms with Crippen LogP contribution in [0.25, 0.3) is 6.08 Å². The maximum Gasteiger partial charge on any atom is 0.223 e. The van der Waals surface area contributed by atoms with E-state index in [2.05, 4.69) is 39.2 Å². The second-order valence-corrected chi connectivity index (χ2v) is 7.98. The number of hydrogen-bond donors (Lipinski definition) is 1. The molecule has 3 heterocycles. The quantitative estimate of drug-likeness (QED) is 0.887. The van der Waals surface area contributed by atoms with Gasteiger partial charge in [0.25, 0.3) is 0 Å². The van der Waals surface area contributed by atoms with E-state index in [0.29, 0.717) is 18.9 Å². The largest absolute Gasteiger partial charge is 0.368 e. The Morgan fingerprint density at radius 3 is 2.64 bits per heavy atom. The van der Waals surface area contributed by atoms with Gasteiger partial charge in [-0.05, 0) is 25.3 Å². The summed E-state index contributed by atoms with van der Waals surface area (Å²) in [7, 11) is 0. The lowest BCUT2D eigenvalue weighted by atomic mass is 9.77. The van der Waals surface area contributed by atoms with Gasteiger partial charge in [-0.1, -0.05) is 42.5 Å². The normalized spacial score (nSPS) is 19.1. The number of carbonyl (C=O) groups is 1. The molecule has 1 aromatic carbocycles. The molecule has 2 aromatic rings. The minimum atomic E-state index is 0.0990. The summed E-state index contributed by atoms with van der Waals surface area (Å²) in [5.41, 5.74) is 7.95. The molecule has 2 aliphatic heterocycles. The van der Waals surface area contributed by atoms with Crippen molar-refractivity contribution in [2.45, 2.75) is 26.2 Å².